The second-order valence-corrected chi connectivity index (χ2v) is 7.97. The van der Waals surface area contributed by atoms with Crippen molar-refractivity contribution in [3.05, 3.63) is 96.1 Å². The Morgan fingerprint density at radius 3 is 1.86 bits per heavy atom. The monoisotopic (exact) mass is 371 g/mol. The number of aromatic amines is 1. The summed E-state index contributed by atoms with van der Waals surface area (Å²) >= 11 is 0. The van der Waals surface area contributed by atoms with Gasteiger partial charge in [-0.25, -0.2) is 0 Å². The van der Waals surface area contributed by atoms with Gasteiger partial charge in [0, 0.05) is 21.8 Å². The molecule has 1 heterocycles. The molecule has 0 radical (unpaired) electrons. The number of hydrogen-bond donors (Lipinski definition) is 1. The Labute approximate surface area is 169 Å². The van der Waals surface area contributed by atoms with Crippen molar-refractivity contribution in [1.82, 2.24) is 4.98 Å². The number of para-hydroxylation sites is 1. The van der Waals surface area contributed by atoms with Crippen LogP contribution in [0.5, 0.6) is 0 Å². The minimum atomic E-state index is 1.19. The summed E-state index contributed by atoms with van der Waals surface area (Å²) in [5.74, 6) is 0. The summed E-state index contributed by atoms with van der Waals surface area (Å²) < 4.78 is 0. The second-order valence-electron chi connectivity index (χ2n) is 7.97. The van der Waals surface area contributed by atoms with Crippen molar-refractivity contribution >= 4 is 43.4 Å². The van der Waals surface area contributed by atoms with Crippen molar-refractivity contribution in [2.75, 3.05) is 0 Å². The maximum absolute atomic E-state index is 3.58. The van der Waals surface area contributed by atoms with Gasteiger partial charge >= 0.3 is 0 Å². The Morgan fingerprint density at radius 2 is 1.10 bits per heavy atom. The molecule has 0 saturated carbocycles. The van der Waals surface area contributed by atoms with E-state index in [4.69, 9.17) is 0 Å². The van der Waals surface area contributed by atoms with Gasteiger partial charge in [-0.15, -0.1) is 0 Å². The molecule has 0 atom stereocenters. The standard InChI is InChI=1S/C28H21N/c1-17-15-27-25(22-12-7-8-14-26(22)29-27)16-24(17)28-18(2)19-9-3-4-10-20(19)21-11-5-6-13-23(21)28/h3-16,29H,1-2H3. The SMILES string of the molecule is Cc1cc2[nH]c3ccccc3c2cc1-c1c(C)c2ccccc2c2ccccc12. The Kier molecular flexibility index (Phi) is 3.36. The quantitative estimate of drug-likeness (QED) is 0.283. The van der Waals surface area contributed by atoms with Crippen LogP contribution in [0.2, 0.25) is 0 Å². The van der Waals surface area contributed by atoms with Crippen LogP contribution in [-0.2, 0) is 0 Å². The van der Waals surface area contributed by atoms with E-state index in [2.05, 4.69) is 104 Å². The van der Waals surface area contributed by atoms with E-state index in [9.17, 15) is 0 Å². The highest BCUT2D eigenvalue weighted by atomic mass is 14.7. The van der Waals surface area contributed by atoms with Crippen LogP contribution in [0.25, 0.3) is 54.5 Å². The molecule has 1 N–H and O–H groups in total. The fourth-order valence-corrected chi connectivity index (χ4v) is 4.94. The topological polar surface area (TPSA) is 15.8 Å². The average Bonchev–Trinajstić information content (AvgIpc) is 3.11. The van der Waals surface area contributed by atoms with Gasteiger partial charge in [-0.3, -0.25) is 0 Å². The summed E-state index contributed by atoms with van der Waals surface area (Å²) in [5.41, 5.74) is 7.72. The Hall–Kier alpha value is -3.58. The van der Waals surface area contributed by atoms with Crippen LogP contribution in [0, 0.1) is 13.8 Å². The zero-order chi connectivity index (χ0) is 19.5. The summed E-state index contributed by atoms with van der Waals surface area (Å²) in [6.07, 6.45) is 0. The van der Waals surface area contributed by atoms with E-state index in [1.54, 1.807) is 0 Å². The second kappa shape index (κ2) is 5.96. The molecule has 6 aromatic rings. The van der Waals surface area contributed by atoms with Crippen molar-refractivity contribution < 1.29 is 0 Å². The number of H-pyrrole nitrogens is 1. The van der Waals surface area contributed by atoms with Crippen LogP contribution in [-0.4, -0.2) is 4.98 Å². The Bertz CT molecular complexity index is 1570. The summed E-state index contributed by atoms with van der Waals surface area (Å²) in [6.45, 7) is 4.49. The van der Waals surface area contributed by atoms with Gasteiger partial charge in [-0.1, -0.05) is 66.7 Å². The van der Waals surface area contributed by atoms with Crippen LogP contribution in [0.3, 0.4) is 0 Å². The molecule has 0 fully saturated rings. The van der Waals surface area contributed by atoms with Crippen molar-refractivity contribution in [3.63, 3.8) is 0 Å². The first-order chi connectivity index (χ1) is 14.2. The summed E-state index contributed by atoms with van der Waals surface area (Å²) in [4.78, 5) is 3.58. The molecule has 0 aliphatic rings. The normalized spacial score (nSPS) is 11.8. The van der Waals surface area contributed by atoms with E-state index in [1.807, 2.05) is 0 Å². The molecule has 1 aromatic heterocycles. The average molecular weight is 371 g/mol. The first kappa shape index (κ1) is 16.4. The summed E-state index contributed by atoms with van der Waals surface area (Å²) in [5, 5.41) is 7.88. The molecule has 1 heteroatoms. The van der Waals surface area contributed by atoms with Crippen molar-refractivity contribution in [2.24, 2.45) is 0 Å². The molecule has 0 bridgehead atoms. The lowest BCUT2D eigenvalue weighted by Gasteiger charge is -2.17. The van der Waals surface area contributed by atoms with Crippen LogP contribution >= 0.6 is 0 Å². The fraction of sp³-hybridized carbons (Fsp3) is 0.0714. The number of aryl methyl sites for hydroxylation is 2. The van der Waals surface area contributed by atoms with Crippen molar-refractivity contribution in [3.8, 4) is 11.1 Å². The van der Waals surface area contributed by atoms with Crippen LogP contribution in [0.4, 0.5) is 0 Å². The van der Waals surface area contributed by atoms with Gasteiger partial charge in [-0.2, -0.15) is 0 Å². The fourth-order valence-electron chi connectivity index (χ4n) is 4.94. The van der Waals surface area contributed by atoms with Crippen molar-refractivity contribution in [2.45, 2.75) is 13.8 Å². The number of benzene rings is 5. The van der Waals surface area contributed by atoms with Crippen LogP contribution in [0.15, 0.2) is 84.9 Å². The number of fused-ring (bicyclic) bond motifs is 6. The maximum Gasteiger partial charge on any atom is 0.0467 e. The Balaban J connectivity index is 1.80. The summed E-state index contributed by atoms with van der Waals surface area (Å²) in [6, 6.07) is 30.8. The molecular formula is C28H21N. The highest BCUT2D eigenvalue weighted by molar-refractivity contribution is 6.17. The van der Waals surface area contributed by atoms with Gasteiger partial charge in [0.25, 0.3) is 0 Å². The molecule has 6 rings (SSSR count). The first-order valence-corrected chi connectivity index (χ1v) is 10.1. The lowest BCUT2D eigenvalue weighted by Crippen LogP contribution is -1.92. The van der Waals surface area contributed by atoms with E-state index >= 15 is 0 Å². The number of aromatic nitrogens is 1. The molecule has 29 heavy (non-hydrogen) atoms. The lowest BCUT2D eigenvalue weighted by molar-refractivity contribution is 1.45. The number of nitrogens with one attached hydrogen (secondary N) is 1. The highest BCUT2D eigenvalue weighted by Crippen LogP contribution is 2.41. The Morgan fingerprint density at radius 1 is 0.517 bits per heavy atom. The minimum Gasteiger partial charge on any atom is -0.355 e. The predicted molar refractivity (Wildman–Crippen MR) is 126 cm³/mol. The van der Waals surface area contributed by atoms with Gasteiger partial charge in [0.15, 0.2) is 0 Å². The van der Waals surface area contributed by atoms with Gasteiger partial charge in [0.05, 0.1) is 0 Å². The van der Waals surface area contributed by atoms with E-state index in [0.717, 1.165) is 0 Å². The highest BCUT2D eigenvalue weighted by Gasteiger charge is 2.16. The van der Waals surface area contributed by atoms with Crippen LogP contribution < -0.4 is 0 Å². The maximum atomic E-state index is 3.58. The largest absolute Gasteiger partial charge is 0.355 e. The molecule has 5 aromatic carbocycles. The predicted octanol–water partition coefficient (Wildman–Crippen LogP) is 7.91. The third-order valence-electron chi connectivity index (χ3n) is 6.31. The van der Waals surface area contributed by atoms with Gasteiger partial charge < -0.3 is 4.98 Å². The number of hydrogen-bond acceptors (Lipinski definition) is 0. The van der Waals surface area contributed by atoms with Gasteiger partial charge in [-0.05, 0) is 75.8 Å². The molecule has 0 aliphatic carbocycles. The van der Waals surface area contributed by atoms with Gasteiger partial charge in [0.2, 0.25) is 0 Å². The molecule has 0 spiro atoms. The molecule has 0 aliphatic heterocycles. The van der Waals surface area contributed by atoms with Crippen molar-refractivity contribution in [1.29, 1.82) is 0 Å². The zero-order valence-corrected chi connectivity index (χ0v) is 16.6. The molecule has 0 saturated heterocycles. The molecule has 0 unspecified atom stereocenters. The molecule has 138 valence electrons. The van der Waals surface area contributed by atoms with Crippen LogP contribution in [0.1, 0.15) is 11.1 Å². The third-order valence-corrected chi connectivity index (χ3v) is 6.31. The van der Waals surface area contributed by atoms with E-state index in [-0.39, 0.29) is 0 Å². The van der Waals surface area contributed by atoms with E-state index in [0.29, 0.717) is 0 Å². The zero-order valence-electron chi connectivity index (χ0n) is 16.6. The lowest BCUT2D eigenvalue weighted by atomic mass is 9.86. The third kappa shape index (κ3) is 2.28. The molecule has 0 amide bonds. The van der Waals surface area contributed by atoms with Gasteiger partial charge in [0.1, 0.15) is 0 Å². The summed E-state index contributed by atoms with van der Waals surface area (Å²) in [7, 11) is 0. The molecule has 1 nitrogen and oxygen atoms in total. The molecular weight excluding hydrogens is 350 g/mol. The minimum absolute atomic E-state index is 1.19. The van der Waals surface area contributed by atoms with E-state index in [1.165, 1.54) is 65.6 Å². The smallest absolute Gasteiger partial charge is 0.0467 e. The van der Waals surface area contributed by atoms with E-state index < -0.39 is 0 Å². The first-order valence-electron chi connectivity index (χ1n) is 10.1. The number of rotatable bonds is 1.